The van der Waals surface area contributed by atoms with Gasteiger partial charge >= 0.3 is 23.9 Å². The normalized spacial score (nSPS) is 21.4. The van der Waals surface area contributed by atoms with Crippen LogP contribution in [0.3, 0.4) is 0 Å². The minimum absolute atomic E-state index is 0.0618. The number of hydrogen-bond donors (Lipinski definition) is 0. The molecule has 0 atom stereocenters. The van der Waals surface area contributed by atoms with Gasteiger partial charge in [0.15, 0.2) is 0 Å². The van der Waals surface area contributed by atoms with E-state index in [-0.39, 0.29) is 79.3 Å². The lowest BCUT2D eigenvalue weighted by atomic mass is 10.6. The van der Waals surface area contributed by atoms with E-state index in [1.807, 2.05) is 0 Å². The van der Waals surface area contributed by atoms with Crippen molar-refractivity contribution in [2.45, 2.75) is 0 Å². The van der Waals surface area contributed by atoms with Crippen LogP contribution >= 0.6 is 0 Å². The van der Waals surface area contributed by atoms with Crippen molar-refractivity contribution in [1.29, 1.82) is 0 Å². The van der Waals surface area contributed by atoms with Crippen LogP contribution in [0.1, 0.15) is 0 Å². The molecule has 0 radical (unpaired) electrons. The van der Waals surface area contributed by atoms with E-state index in [9.17, 15) is 19.2 Å². The molecule has 160 valence electrons. The van der Waals surface area contributed by atoms with Crippen LogP contribution < -0.4 is 0 Å². The highest BCUT2D eigenvalue weighted by Crippen LogP contribution is 1.90. The monoisotopic (exact) mass is 408 g/mol. The molecule has 0 N–H and O–H groups in total. The van der Waals surface area contributed by atoms with E-state index in [2.05, 4.69) is 18.9 Å². The average molecular weight is 408 g/mol. The van der Waals surface area contributed by atoms with Gasteiger partial charge < -0.3 is 37.9 Å². The Balaban J connectivity index is 2.29. The largest absolute Gasteiger partial charge is 0.455 e. The summed E-state index contributed by atoms with van der Waals surface area (Å²) in [6.45, 7) is 0.512. The molecule has 0 saturated carbocycles. The standard InChI is InChI=1S/C16H24O12/c17-13-14(18)27-11-7-23-3-4-24-8-12-28-16(20)15(19)26-10-6-22-2-1-21-5-9-25-13/h1-12H2. The fourth-order valence-electron chi connectivity index (χ4n) is 1.65. The first-order chi connectivity index (χ1) is 13.6. The molecule has 0 aromatic rings. The smallest absolute Gasteiger partial charge is 0.417 e. The van der Waals surface area contributed by atoms with E-state index in [1.54, 1.807) is 0 Å². The molecule has 1 rings (SSSR count). The van der Waals surface area contributed by atoms with Gasteiger partial charge in [-0.2, -0.15) is 0 Å². The molecule has 1 saturated heterocycles. The van der Waals surface area contributed by atoms with Crippen LogP contribution in [-0.2, 0) is 57.1 Å². The van der Waals surface area contributed by atoms with Gasteiger partial charge in [-0.25, -0.2) is 19.2 Å². The zero-order chi connectivity index (χ0) is 20.5. The Labute approximate surface area is 161 Å². The number of esters is 4. The molecule has 12 heteroatoms. The topological polar surface area (TPSA) is 142 Å². The van der Waals surface area contributed by atoms with Gasteiger partial charge in [0.05, 0.1) is 52.9 Å². The summed E-state index contributed by atoms with van der Waals surface area (Å²) in [5.74, 6) is -4.47. The summed E-state index contributed by atoms with van der Waals surface area (Å²) in [5.41, 5.74) is 0. The second-order valence-corrected chi connectivity index (χ2v) is 4.99. The Bertz CT molecular complexity index is 404. The first-order valence-corrected chi connectivity index (χ1v) is 8.60. The van der Waals surface area contributed by atoms with Crippen LogP contribution in [0.2, 0.25) is 0 Å². The van der Waals surface area contributed by atoms with E-state index >= 15 is 0 Å². The summed E-state index contributed by atoms with van der Waals surface area (Å²) < 4.78 is 39.2. The van der Waals surface area contributed by atoms with Crippen LogP contribution in [0, 0.1) is 0 Å². The van der Waals surface area contributed by atoms with Gasteiger partial charge in [-0.3, -0.25) is 0 Å². The fourth-order valence-corrected chi connectivity index (χ4v) is 1.65. The lowest BCUT2D eigenvalue weighted by molar-refractivity contribution is -0.170. The van der Waals surface area contributed by atoms with Gasteiger partial charge in [-0.05, 0) is 0 Å². The summed E-state index contributed by atoms with van der Waals surface area (Å²) in [4.78, 5) is 45.4. The van der Waals surface area contributed by atoms with Gasteiger partial charge in [-0.1, -0.05) is 0 Å². The summed E-state index contributed by atoms with van der Waals surface area (Å²) in [6.07, 6.45) is 0. The third-order valence-electron chi connectivity index (χ3n) is 2.92. The summed E-state index contributed by atoms with van der Waals surface area (Å²) in [6, 6.07) is 0. The molecular weight excluding hydrogens is 384 g/mol. The van der Waals surface area contributed by atoms with E-state index in [1.165, 1.54) is 0 Å². The van der Waals surface area contributed by atoms with Crippen molar-refractivity contribution in [2.75, 3.05) is 79.3 Å². The molecule has 0 aromatic carbocycles. The lowest BCUT2D eigenvalue weighted by Crippen LogP contribution is -2.25. The Morgan fingerprint density at radius 3 is 0.714 bits per heavy atom. The Kier molecular flexibility index (Phi) is 13.4. The SMILES string of the molecule is O=C1OCCOCCOCCOC(=O)C(=O)OCCOCCOCCOC1=O. The molecule has 28 heavy (non-hydrogen) atoms. The van der Waals surface area contributed by atoms with Crippen molar-refractivity contribution < 1.29 is 57.1 Å². The van der Waals surface area contributed by atoms with E-state index in [0.717, 1.165) is 0 Å². The van der Waals surface area contributed by atoms with Crippen molar-refractivity contribution in [3.8, 4) is 0 Å². The number of carbonyl (C=O) groups is 4. The average Bonchev–Trinajstić information content (AvgIpc) is 2.69. The van der Waals surface area contributed by atoms with Gasteiger partial charge in [0.25, 0.3) is 0 Å². The van der Waals surface area contributed by atoms with Gasteiger partial charge in [0, 0.05) is 0 Å². The van der Waals surface area contributed by atoms with Crippen molar-refractivity contribution in [2.24, 2.45) is 0 Å². The van der Waals surface area contributed by atoms with Gasteiger partial charge in [0.1, 0.15) is 26.4 Å². The quantitative estimate of drug-likeness (QED) is 0.254. The summed E-state index contributed by atoms with van der Waals surface area (Å²) in [5, 5.41) is 0. The van der Waals surface area contributed by atoms with Gasteiger partial charge in [0.2, 0.25) is 0 Å². The third kappa shape index (κ3) is 12.2. The Hall–Kier alpha value is -2.28. The molecule has 12 nitrogen and oxygen atoms in total. The molecular formula is C16H24O12. The number of cyclic esters (lactones) is 4. The second-order valence-electron chi connectivity index (χ2n) is 4.99. The number of ether oxygens (including phenoxy) is 8. The molecule has 1 aliphatic heterocycles. The Morgan fingerprint density at radius 1 is 0.321 bits per heavy atom. The number of rotatable bonds is 0. The van der Waals surface area contributed by atoms with Crippen LogP contribution in [-0.4, -0.2) is 103 Å². The van der Waals surface area contributed by atoms with Crippen molar-refractivity contribution in [1.82, 2.24) is 0 Å². The summed E-state index contributed by atoms with van der Waals surface area (Å²) in [7, 11) is 0. The van der Waals surface area contributed by atoms with E-state index in [4.69, 9.17) is 18.9 Å². The molecule has 0 bridgehead atoms. The first kappa shape index (κ1) is 23.8. The van der Waals surface area contributed by atoms with Crippen LogP contribution in [0.25, 0.3) is 0 Å². The van der Waals surface area contributed by atoms with Crippen molar-refractivity contribution >= 4 is 23.9 Å². The van der Waals surface area contributed by atoms with Crippen molar-refractivity contribution in [3.05, 3.63) is 0 Å². The molecule has 1 aliphatic rings. The lowest BCUT2D eigenvalue weighted by Gasteiger charge is -2.09. The predicted octanol–water partition coefficient (Wildman–Crippen LogP) is -1.76. The zero-order valence-electron chi connectivity index (χ0n) is 15.4. The van der Waals surface area contributed by atoms with Crippen LogP contribution in [0.15, 0.2) is 0 Å². The molecule has 0 spiro atoms. The number of carbonyl (C=O) groups excluding carboxylic acids is 4. The highest BCUT2D eigenvalue weighted by atomic mass is 16.6. The maximum absolute atomic E-state index is 11.4. The molecule has 1 fully saturated rings. The van der Waals surface area contributed by atoms with Crippen molar-refractivity contribution in [3.63, 3.8) is 0 Å². The second kappa shape index (κ2) is 15.7. The molecule has 0 unspecified atom stereocenters. The number of hydrogen-bond acceptors (Lipinski definition) is 12. The maximum atomic E-state index is 11.4. The van der Waals surface area contributed by atoms with E-state index in [0.29, 0.717) is 0 Å². The Morgan fingerprint density at radius 2 is 0.500 bits per heavy atom. The van der Waals surface area contributed by atoms with E-state index < -0.39 is 23.9 Å². The fraction of sp³-hybridized carbons (Fsp3) is 0.750. The minimum atomic E-state index is -1.12. The van der Waals surface area contributed by atoms with Crippen LogP contribution in [0.4, 0.5) is 0 Å². The maximum Gasteiger partial charge on any atom is 0.417 e. The predicted molar refractivity (Wildman–Crippen MR) is 87.1 cm³/mol. The van der Waals surface area contributed by atoms with Gasteiger partial charge in [-0.15, -0.1) is 0 Å². The summed E-state index contributed by atoms with van der Waals surface area (Å²) >= 11 is 0. The molecule has 1 heterocycles. The molecule has 0 amide bonds. The molecule has 0 aromatic heterocycles. The third-order valence-corrected chi connectivity index (χ3v) is 2.92. The highest BCUT2D eigenvalue weighted by Gasteiger charge is 2.17. The highest BCUT2D eigenvalue weighted by molar-refractivity contribution is 6.30. The minimum Gasteiger partial charge on any atom is -0.455 e. The zero-order valence-corrected chi connectivity index (χ0v) is 15.4. The van der Waals surface area contributed by atoms with Crippen LogP contribution in [0.5, 0.6) is 0 Å². The first-order valence-electron chi connectivity index (χ1n) is 8.60. The molecule has 0 aliphatic carbocycles.